The summed E-state index contributed by atoms with van der Waals surface area (Å²) in [5.74, 6) is -1.00. The molecule has 0 fully saturated rings. The summed E-state index contributed by atoms with van der Waals surface area (Å²) in [7, 11) is 0. The third-order valence-electron chi connectivity index (χ3n) is 10.5. The molecule has 0 aromatic heterocycles. The van der Waals surface area contributed by atoms with Crippen LogP contribution in [0.2, 0.25) is 0 Å². The highest BCUT2D eigenvalue weighted by Crippen LogP contribution is 2.13. The van der Waals surface area contributed by atoms with Crippen LogP contribution in [0.5, 0.6) is 0 Å². The number of rotatable bonds is 44. The minimum absolute atomic E-state index is 0.108. The first kappa shape index (κ1) is 55.4. The minimum atomic E-state index is -0.812. The van der Waals surface area contributed by atoms with Crippen LogP contribution < -0.4 is 0 Å². The van der Waals surface area contributed by atoms with E-state index in [1.807, 2.05) is 6.08 Å². The summed E-state index contributed by atoms with van der Waals surface area (Å²) in [4.78, 5) is 37.8. The molecule has 0 spiro atoms. The number of hydrogen-bond acceptors (Lipinski definition) is 6. The average molecular weight is 813 g/mol. The van der Waals surface area contributed by atoms with Crippen LogP contribution >= 0.6 is 0 Å². The summed E-state index contributed by atoms with van der Waals surface area (Å²) in [6.07, 6.45) is 55.3. The van der Waals surface area contributed by atoms with Crippen molar-refractivity contribution in [3.05, 3.63) is 48.6 Å². The van der Waals surface area contributed by atoms with Crippen LogP contribution in [0, 0.1) is 0 Å². The maximum absolute atomic E-state index is 12.7. The van der Waals surface area contributed by atoms with Crippen molar-refractivity contribution in [2.45, 2.75) is 252 Å². The molecule has 0 rings (SSSR count). The summed E-state index contributed by atoms with van der Waals surface area (Å²) in [5, 5.41) is 0. The molecule has 0 aliphatic heterocycles. The van der Waals surface area contributed by atoms with E-state index in [0.717, 1.165) is 77.0 Å². The van der Waals surface area contributed by atoms with Gasteiger partial charge in [-0.05, 0) is 89.9 Å². The second-order valence-corrected chi connectivity index (χ2v) is 16.4. The Bertz CT molecular complexity index is 1030. The first-order chi connectivity index (χ1) is 28.5. The summed E-state index contributed by atoms with van der Waals surface area (Å²) in [6.45, 7) is 6.54. The Hall–Kier alpha value is -2.63. The number of carbonyl (C=O) groups excluding carboxylic acids is 3. The Balaban J connectivity index is 4.48. The van der Waals surface area contributed by atoms with E-state index >= 15 is 0 Å². The van der Waals surface area contributed by atoms with Gasteiger partial charge >= 0.3 is 17.9 Å². The fourth-order valence-electron chi connectivity index (χ4n) is 6.78. The quantitative estimate of drug-likeness (QED) is 0.0264. The van der Waals surface area contributed by atoms with Crippen LogP contribution in [0.3, 0.4) is 0 Å². The molecule has 0 saturated heterocycles. The maximum Gasteiger partial charge on any atom is 0.306 e. The molecule has 0 bridgehead atoms. The molecule has 6 nitrogen and oxygen atoms in total. The van der Waals surface area contributed by atoms with Gasteiger partial charge in [-0.15, -0.1) is 0 Å². The van der Waals surface area contributed by atoms with Crippen LogP contribution in [0.1, 0.15) is 245 Å². The van der Waals surface area contributed by atoms with E-state index in [4.69, 9.17) is 14.2 Å². The average Bonchev–Trinajstić information content (AvgIpc) is 3.22. The highest BCUT2D eigenvalue weighted by molar-refractivity contribution is 5.71. The number of carbonyl (C=O) groups is 3. The zero-order chi connectivity index (χ0) is 42.3. The van der Waals surface area contributed by atoms with Crippen LogP contribution in [-0.2, 0) is 28.6 Å². The lowest BCUT2D eigenvalue weighted by Gasteiger charge is -2.18. The van der Waals surface area contributed by atoms with Gasteiger partial charge in [0.25, 0.3) is 0 Å². The van der Waals surface area contributed by atoms with Crippen molar-refractivity contribution in [1.82, 2.24) is 0 Å². The number of esters is 3. The first-order valence-corrected chi connectivity index (χ1v) is 24.6. The largest absolute Gasteiger partial charge is 0.462 e. The number of ether oxygens (including phenoxy) is 3. The van der Waals surface area contributed by atoms with Crippen molar-refractivity contribution in [1.29, 1.82) is 0 Å². The molecule has 1 unspecified atom stereocenters. The van der Waals surface area contributed by atoms with E-state index in [-0.39, 0.29) is 37.5 Å². The van der Waals surface area contributed by atoms with Gasteiger partial charge in [-0.25, -0.2) is 0 Å². The summed E-state index contributed by atoms with van der Waals surface area (Å²) in [5.41, 5.74) is 0. The Morgan fingerprint density at radius 3 is 1.03 bits per heavy atom. The van der Waals surface area contributed by atoms with E-state index < -0.39 is 6.10 Å². The summed E-state index contributed by atoms with van der Waals surface area (Å²) < 4.78 is 16.7. The number of unbranched alkanes of at least 4 members (excludes halogenated alkanes) is 25. The van der Waals surface area contributed by atoms with Gasteiger partial charge < -0.3 is 14.2 Å². The van der Waals surface area contributed by atoms with Gasteiger partial charge in [0.2, 0.25) is 0 Å². The highest BCUT2D eigenvalue weighted by atomic mass is 16.6. The normalized spacial score (nSPS) is 12.4. The lowest BCUT2D eigenvalue weighted by atomic mass is 10.1. The molecular formula is C52H92O6. The predicted molar refractivity (Wildman–Crippen MR) is 247 cm³/mol. The third-order valence-corrected chi connectivity index (χ3v) is 10.5. The summed E-state index contributed by atoms with van der Waals surface area (Å²) >= 11 is 0. The van der Waals surface area contributed by atoms with E-state index in [1.165, 1.54) is 122 Å². The molecule has 0 N–H and O–H groups in total. The van der Waals surface area contributed by atoms with Crippen LogP contribution in [0.15, 0.2) is 48.6 Å². The molecule has 0 aliphatic rings. The second-order valence-electron chi connectivity index (χ2n) is 16.4. The molecular weight excluding hydrogens is 721 g/mol. The second kappa shape index (κ2) is 47.1. The standard InChI is InChI=1S/C52H92O6/c1-4-7-10-13-16-19-22-25-28-30-33-36-39-42-45-51(54)57-48-49(58-52(55)46-43-40-37-34-31-27-24-21-18-15-12-9-6-3)47-56-50(53)44-41-38-35-32-29-26-23-20-17-14-11-8-5-2/h26-31,37,40,49H,4-25,32-36,38-39,41-48H2,1-3H3/b29-26+,30-28+,31-27+,40-37+. The molecule has 0 aromatic rings. The Morgan fingerprint density at radius 2 is 0.655 bits per heavy atom. The van der Waals surface area contributed by atoms with Crippen molar-refractivity contribution in [3.8, 4) is 0 Å². The molecule has 0 heterocycles. The smallest absolute Gasteiger partial charge is 0.306 e. The van der Waals surface area contributed by atoms with Crippen LogP contribution in [0.25, 0.3) is 0 Å². The van der Waals surface area contributed by atoms with Crippen LogP contribution in [0.4, 0.5) is 0 Å². The lowest BCUT2D eigenvalue weighted by Crippen LogP contribution is -2.30. The molecule has 0 aliphatic carbocycles. The predicted octanol–water partition coefficient (Wildman–Crippen LogP) is 15.9. The Labute approximate surface area is 358 Å². The molecule has 0 radical (unpaired) electrons. The zero-order valence-electron chi connectivity index (χ0n) is 38.3. The molecule has 0 amide bonds. The Kier molecular flexibility index (Phi) is 44.9. The van der Waals surface area contributed by atoms with Gasteiger partial charge in [0.1, 0.15) is 13.2 Å². The molecule has 336 valence electrons. The van der Waals surface area contributed by atoms with Crippen molar-refractivity contribution < 1.29 is 28.6 Å². The third kappa shape index (κ3) is 44.5. The van der Waals surface area contributed by atoms with E-state index in [2.05, 4.69) is 63.3 Å². The first-order valence-electron chi connectivity index (χ1n) is 24.6. The topological polar surface area (TPSA) is 78.9 Å². The number of hydrogen-bond donors (Lipinski definition) is 0. The van der Waals surface area contributed by atoms with Gasteiger partial charge in [0, 0.05) is 19.3 Å². The van der Waals surface area contributed by atoms with Gasteiger partial charge in [-0.2, -0.15) is 0 Å². The SMILES string of the molecule is CCCCCCCC/C=C/C/C=C/CCC(=O)OC(COC(=O)CCCCC/C=C/CCCCCCCC)COC(=O)CCCCC/C=C/CCCCCCCCC. The molecule has 0 saturated carbocycles. The Morgan fingerprint density at radius 1 is 0.345 bits per heavy atom. The summed E-state index contributed by atoms with van der Waals surface area (Å²) in [6, 6.07) is 0. The zero-order valence-corrected chi connectivity index (χ0v) is 38.3. The van der Waals surface area contributed by atoms with Crippen LogP contribution in [-0.4, -0.2) is 37.2 Å². The molecule has 6 heteroatoms. The fourth-order valence-corrected chi connectivity index (χ4v) is 6.78. The maximum atomic E-state index is 12.7. The minimum Gasteiger partial charge on any atom is -0.462 e. The van der Waals surface area contributed by atoms with Gasteiger partial charge in [0.05, 0.1) is 0 Å². The molecule has 1 atom stereocenters. The fraction of sp³-hybridized carbons (Fsp3) is 0.788. The number of allylic oxidation sites excluding steroid dienone is 8. The van der Waals surface area contributed by atoms with E-state index in [1.54, 1.807) is 0 Å². The van der Waals surface area contributed by atoms with Crippen molar-refractivity contribution in [2.75, 3.05) is 13.2 Å². The van der Waals surface area contributed by atoms with Crippen molar-refractivity contribution >= 4 is 17.9 Å². The van der Waals surface area contributed by atoms with Gasteiger partial charge in [-0.3, -0.25) is 14.4 Å². The van der Waals surface area contributed by atoms with E-state index in [9.17, 15) is 14.4 Å². The van der Waals surface area contributed by atoms with E-state index in [0.29, 0.717) is 19.3 Å². The highest BCUT2D eigenvalue weighted by Gasteiger charge is 2.19. The lowest BCUT2D eigenvalue weighted by molar-refractivity contribution is -0.166. The van der Waals surface area contributed by atoms with Gasteiger partial charge in [0.15, 0.2) is 6.10 Å². The van der Waals surface area contributed by atoms with Crippen molar-refractivity contribution in [2.24, 2.45) is 0 Å². The molecule has 0 aromatic carbocycles. The monoisotopic (exact) mass is 813 g/mol. The molecule has 58 heavy (non-hydrogen) atoms. The van der Waals surface area contributed by atoms with Crippen molar-refractivity contribution in [3.63, 3.8) is 0 Å². The van der Waals surface area contributed by atoms with Gasteiger partial charge in [-0.1, -0.05) is 185 Å².